The topological polar surface area (TPSA) is 81.5 Å². The highest BCUT2D eigenvalue weighted by Gasteiger charge is 2.30. The molecule has 0 radical (unpaired) electrons. The van der Waals surface area contributed by atoms with Crippen LogP contribution in [0.15, 0.2) is 36.7 Å². The first-order chi connectivity index (χ1) is 18.2. The van der Waals surface area contributed by atoms with Crippen LogP contribution in [0.1, 0.15) is 56.0 Å². The number of rotatable bonds is 8. The number of carbonyl (C=O) groups is 1. The van der Waals surface area contributed by atoms with Crippen LogP contribution in [0.3, 0.4) is 0 Å². The minimum absolute atomic E-state index is 0.140. The molecule has 1 saturated carbocycles. The Kier molecular flexibility index (Phi) is 6.09. The molecule has 37 heavy (non-hydrogen) atoms. The van der Waals surface area contributed by atoms with E-state index in [4.69, 9.17) is 19.4 Å². The van der Waals surface area contributed by atoms with E-state index in [0.29, 0.717) is 42.8 Å². The zero-order valence-corrected chi connectivity index (χ0v) is 21.3. The number of imidazole rings is 1. The Morgan fingerprint density at radius 3 is 2.54 bits per heavy atom. The number of hydrogen-bond donors (Lipinski definition) is 1. The summed E-state index contributed by atoms with van der Waals surface area (Å²) in [5.74, 6) is 1.75. The lowest BCUT2D eigenvalue weighted by molar-refractivity contribution is -0.119. The molecule has 5 heterocycles. The predicted octanol–water partition coefficient (Wildman–Crippen LogP) is 3.92. The molecule has 3 aromatic rings. The van der Waals surface area contributed by atoms with Crippen LogP contribution in [0.5, 0.6) is 5.88 Å². The fourth-order valence-electron chi connectivity index (χ4n) is 6.05. The van der Waals surface area contributed by atoms with Gasteiger partial charge in [0.1, 0.15) is 5.52 Å². The van der Waals surface area contributed by atoms with Crippen LogP contribution in [0.2, 0.25) is 0 Å². The number of likely N-dealkylation sites (tertiary alicyclic amines) is 1. The third-order valence-corrected chi connectivity index (χ3v) is 8.63. The van der Waals surface area contributed by atoms with Crippen molar-refractivity contribution in [3.05, 3.63) is 42.2 Å². The average Bonchev–Trinajstić information content (AvgIpc) is 3.51. The number of amides is 1. The van der Waals surface area contributed by atoms with E-state index in [-0.39, 0.29) is 5.91 Å². The molecule has 4 fully saturated rings. The molecule has 4 aliphatic rings. The van der Waals surface area contributed by atoms with Crippen molar-refractivity contribution < 1.29 is 14.3 Å². The fraction of sp³-hybridized carbons (Fsp3) is 0.552. The van der Waals surface area contributed by atoms with Crippen molar-refractivity contribution in [1.29, 1.82) is 0 Å². The van der Waals surface area contributed by atoms with Crippen LogP contribution >= 0.6 is 0 Å². The first-order valence-corrected chi connectivity index (χ1v) is 13.9. The zero-order valence-electron chi connectivity index (χ0n) is 21.3. The maximum absolute atomic E-state index is 11.6. The van der Waals surface area contributed by atoms with Gasteiger partial charge in [0.25, 0.3) is 0 Å². The molecule has 7 rings (SSSR count). The van der Waals surface area contributed by atoms with Crippen molar-refractivity contribution in [3.8, 4) is 17.1 Å². The molecule has 0 bridgehead atoms. The van der Waals surface area contributed by atoms with Gasteiger partial charge in [-0.15, -0.1) is 0 Å². The molecule has 8 nitrogen and oxygen atoms in total. The Bertz CT molecular complexity index is 1270. The molecule has 1 atom stereocenters. The molecule has 1 amide bonds. The SMILES string of the molecule is O=C1C[C@@H](CCOc2nc(-c3ccc(C4CCN(C5COC5)CC4)cc3)cc3ncn(C4CC4)c23)CN1. The maximum atomic E-state index is 11.6. The molecule has 3 saturated heterocycles. The molecule has 194 valence electrons. The van der Waals surface area contributed by atoms with Gasteiger partial charge in [0, 0.05) is 24.6 Å². The van der Waals surface area contributed by atoms with E-state index in [0.717, 1.165) is 61.6 Å². The summed E-state index contributed by atoms with van der Waals surface area (Å²) in [6, 6.07) is 12.2. The van der Waals surface area contributed by atoms with Gasteiger partial charge in [-0.05, 0) is 68.7 Å². The van der Waals surface area contributed by atoms with E-state index < -0.39 is 0 Å². The maximum Gasteiger partial charge on any atom is 0.240 e. The van der Waals surface area contributed by atoms with Gasteiger partial charge in [0.2, 0.25) is 11.8 Å². The van der Waals surface area contributed by atoms with Crippen LogP contribution in [-0.4, -0.2) is 70.8 Å². The Morgan fingerprint density at radius 1 is 1.05 bits per heavy atom. The molecule has 0 unspecified atom stereocenters. The lowest BCUT2D eigenvalue weighted by atomic mass is 9.88. The van der Waals surface area contributed by atoms with Gasteiger partial charge in [-0.3, -0.25) is 9.69 Å². The number of piperidine rings is 1. The fourth-order valence-corrected chi connectivity index (χ4v) is 6.05. The van der Waals surface area contributed by atoms with Crippen molar-refractivity contribution in [2.75, 3.05) is 39.5 Å². The van der Waals surface area contributed by atoms with Crippen molar-refractivity contribution in [2.24, 2.45) is 5.92 Å². The first kappa shape index (κ1) is 23.2. The average molecular weight is 502 g/mol. The van der Waals surface area contributed by atoms with Gasteiger partial charge in [-0.1, -0.05) is 24.3 Å². The molecule has 0 spiro atoms. The Morgan fingerprint density at radius 2 is 1.86 bits per heavy atom. The summed E-state index contributed by atoms with van der Waals surface area (Å²) in [4.78, 5) is 23.9. The smallest absolute Gasteiger partial charge is 0.240 e. The van der Waals surface area contributed by atoms with Gasteiger partial charge in [0.15, 0.2) is 0 Å². The molecule has 3 aliphatic heterocycles. The number of pyridine rings is 1. The van der Waals surface area contributed by atoms with Crippen LogP contribution in [0.4, 0.5) is 0 Å². The standard InChI is InChI=1S/C29H35N5O3/c35-27-13-19(15-30-27)9-12-37-29-28-26(31-18-34(28)23-5-6-23)14-25(32-29)22-3-1-20(2-4-22)21-7-10-33(11-8-21)24-16-36-17-24/h1-4,14,18-19,21,23-24H,5-13,15-17H2,(H,30,35)/t19-/m1/s1. The number of aromatic nitrogens is 3. The van der Waals surface area contributed by atoms with Gasteiger partial charge < -0.3 is 19.4 Å². The van der Waals surface area contributed by atoms with E-state index in [1.54, 1.807) is 0 Å². The predicted molar refractivity (Wildman–Crippen MR) is 141 cm³/mol. The van der Waals surface area contributed by atoms with Crippen LogP contribution in [-0.2, 0) is 9.53 Å². The molecular formula is C29H35N5O3. The van der Waals surface area contributed by atoms with Crippen molar-refractivity contribution in [3.63, 3.8) is 0 Å². The largest absolute Gasteiger partial charge is 0.476 e. The van der Waals surface area contributed by atoms with Gasteiger partial charge in [-0.2, -0.15) is 0 Å². The zero-order chi connectivity index (χ0) is 24.8. The highest BCUT2D eigenvalue weighted by Crippen LogP contribution is 2.40. The lowest BCUT2D eigenvalue weighted by Gasteiger charge is -2.41. The number of carbonyl (C=O) groups excluding carboxylic acids is 1. The summed E-state index contributed by atoms with van der Waals surface area (Å²) in [5.41, 5.74) is 5.33. The van der Waals surface area contributed by atoms with Crippen LogP contribution in [0, 0.1) is 5.92 Å². The summed E-state index contributed by atoms with van der Waals surface area (Å²) in [6.07, 6.45) is 8.13. The van der Waals surface area contributed by atoms with Gasteiger partial charge >= 0.3 is 0 Å². The number of ether oxygens (including phenoxy) is 2. The number of hydrogen-bond acceptors (Lipinski definition) is 6. The second-order valence-electron chi connectivity index (χ2n) is 11.2. The number of benzene rings is 1. The van der Waals surface area contributed by atoms with Crippen molar-refractivity contribution in [1.82, 2.24) is 24.8 Å². The summed E-state index contributed by atoms with van der Waals surface area (Å²) in [6.45, 7) is 5.41. The highest BCUT2D eigenvalue weighted by molar-refractivity contribution is 5.85. The number of nitrogens with zero attached hydrogens (tertiary/aromatic N) is 4. The summed E-state index contributed by atoms with van der Waals surface area (Å²) in [7, 11) is 0. The van der Waals surface area contributed by atoms with E-state index in [1.165, 1.54) is 31.2 Å². The lowest BCUT2D eigenvalue weighted by Crippen LogP contribution is -2.51. The molecule has 2 aromatic heterocycles. The molecule has 1 aliphatic carbocycles. The monoisotopic (exact) mass is 501 g/mol. The van der Waals surface area contributed by atoms with E-state index in [9.17, 15) is 4.79 Å². The quantitative estimate of drug-likeness (QED) is 0.504. The summed E-state index contributed by atoms with van der Waals surface area (Å²) in [5, 5.41) is 2.92. The third kappa shape index (κ3) is 4.73. The molecular weight excluding hydrogens is 466 g/mol. The normalized spacial score (nSPS) is 23.4. The van der Waals surface area contributed by atoms with E-state index >= 15 is 0 Å². The first-order valence-electron chi connectivity index (χ1n) is 13.9. The molecule has 1 aromatic carbocycles. The van der Waals surface area contributed by atoms with Gasteiger partial charge in [-0.25, -0.2) is 9.97 Å². The van der Waals surface area contributed by atoms with Crippen LogP contribution < -0.4 is 10.1 Å². The molecule has 8 heteroatoms. The second-order valence-corrected chi connectivity index (χ2v) is 11.2. The van der Waals surface area contributed by atoms with Crippen molar-refractivity contribution >= 4 is 16.9 Å². The molecule has 1 N–H and O–H groups in total. The third-order valence-electron chi connectivity index (χ3n) is 8.63. The van der Waals surface area contributed by atoms with E-state index in [2.05, 4.69) is 45.1 Å². The Hall–Kier alpha value is -2.97. The van der Waals surface area contributed by atoms with Crippen molar-refractivity contribution in [2.45, 2.75) is 56.5 Å². The van der Waals surface area contributed by atoms with Crippen LogP contribution in [0.25, 0.3) is 22.3 Å². The second kappa shape index (κ2) is 9.72. The number of fused-ring (bicyclic) bond motifs is 1. The Labute approximate surface area is 217 Å². The highest BCUT2D eigenvalue weighted by atomic mass is 16.5. The minimum Gasteiger partial charge on any atom is -0.476 e. The van der Waals surface area contributed by atoms with E-state index in [1.807, 2.05) is 6.33 Å². The summed E-state index contributed by atoms with van der Waals surface area (Å²) >= 11 is 0. The van der Waals surface area contributed by atoms with Gasteiger partial charge in [0.05, 0.1) is 43.4 Å². The Balaban J connectivity index is 1.09. The number of nitrogens with one attached hydrogen (secondary N) is 1. The summed E-state index contributed by atoms with van der Waals surface area (Å²) < 4.78 is 13.9. The minimum atomic E-state index is 0.140.